The van der Waals surface area contributed by atoms with Gasteiger partial charge in [0, 0.05) is 12.4 Å². The molecule has 0 aliphatic heterocycles. The number of carbonyl (C=O) groups excluding carboxylic acids is 1. The second-order valence-corrected chi connectivity index (χ2v) is 5.86. The first-order valence-corrected chi connectivity index (χ1v) is 8.51. The van der Waals surface area contributed by atoms with E-state index in [4.69, 9.17) is 9.47 Å². The van der Waals surface area contributed by atoms with E-state index in [9.17, 15) is 4.79 Å². The number of benzene rings is 2. The largest absolute Gasteiger partial charge is 0.510 e. The van der Waals surface area contributed by atoms with Gasteiger partial charge in [-0.2, -0.15) is 0 Å². The molecule has 2 N–H and O–H groups in total. The van der Waals surface area contributed by atoms with E-state index >= 15 is 0 Å². The van der Waals surface area contributed by atoms with Crippen molar-refractivity contribution in [1.29, 1.82) is 0 Å². The van der Waals surface area contributed by atoms with Gasteiger partial charge in [0.05, 0.1) is 0 Å². The highest BCUT2D eigenvalue weighted by Gasteiger charge is 2.27. The number of ether oxygens (including phenoxy) is 2. The van der Waals surface area contributed by atoms with Crippen LogP contribution in [0.25, 0.3) is 0 Å². The molecule has 2 unspecified atom stereocenters. The lowest BCUT2D eigenvalue weighted by atomic mass is 10.1. The third kappa shape index (κ3) is 3.88. The van der Waals surface area contributed by atoms with Crippen LogP contribution in [-0.4, -0.2) is 37.0 Å². The normalized spacial score (nSPS) is 12.9. The van der Waals surface area contributed by atoms with Crippen molar-refractivity contribution in [3.63, 3.8) is 0 Å². The Kier molecular flexibility index (Phi) is 5.05. The summed E-state index contributed by atoms with van der Waals surface area (Å²) in [5.41, 5.74) is 2.40. The van der Waals surface area contributed by atoms with Crippen molar-refractivity contribution < 1.29 is 14.3 Å². The van der Waals surface area contributed by atoms with Gasteiger partial charge in [0.15, 0.2) is 12.2 Å². The molecule has 0 aliphatic carbocycles. The molecule has 9 nitrogen and oxygen atoms in total. The lowest BCUT2D eigenvalue weighted by Gasteiger charge is -2.19. The van der Waals surface area contributed by atoms with Crippen LogP contribution in [0.5, 0.6) is 0 Å². The number of nitrogens with one attached hydrogen (secondary N) is 2. The highest BCUT2D eigenvalue weighted by molar-refractivity contribution is 5.62. The average molecular weight is 376 g/mol. The molecule has 28 heavy (non-hydrogen) atoms. The summed E-state index contributed by atoms with van der Waals surface area (Å²) in [5.74, 6) is 0. The maximum atomic E-state index is 12.6. The minimum absolute atomic E-state index is 0.459. The van der Waals surface area contributed by atoms with Gasteiger partial charge in [0.25, 0.3) is 0 Å². The van der Waals surface area contributed by atoms with Gasteiger partial charge in [0.2, 0.25) is 0 Å². The molecule has 2 atom stereocenters. The summed E-state index contributed by atoms with van der Waals surface area (Å²) < 4.78 is 11.2. The molecule has 0 bridgehead atoms. The second-order valence-electron chi connectivity index (χ2n) is 5.86. The van der Waals surface area contributed by atoms with Crippen molar-refractivity contribution in [3.05, 3.63) is 95.6 Å². The number of H-pyrrole nitrogens is 2. The van der Waals surface area contributed by atoms with Gasteiger partial charge in [-0.3, -0.25) is 10.2 Å². The molecule has 0 fully saturated rings. The predicted octanol–water partition coefficient (Wildman–Crippen LogP) is 2.96. The average Bonchev–Trinajstić information content (AvgIpc) is 3.46. The van der Waals surface area contributed by atoms with Crippen LogP contribution >= 0.6 is 0 Å². The van der Waals surface area contributed by atoms with E-state index in [1.54, 1.807) is 12.4 Å². The molecule has 0 amide bonds. The van der Waals surface area contributed by atoms with Gasteiger partial charge in [-0.1, -0.05) is 71.1 Å². The summed E-state index contributed by atoms with van der Waals surface area (Å²) >= 11 is 0. The van der Waals surface area contributed by atoms with E-state index in [-0.39, 0.29) is 0 Å². The fourth-order valence-electron chi connectivity index (χ4n) is 2.75. The molecule has 0 saturated heterocycles. The van der Waals surface area contributed by atoms with Gasteiger partial charge in [-0.15, -0.1) is 10.2 Å². The Bertz CT molecular complexity index is 909. The van der Waals surface area contributed by atoms with Crippen LogP contribution in [0.2, 0.25) is 0 Å². The van der Waals surface area contributed by atoms with Crippen LogP contribution in [-0.2, 0) is 9.47 Å². The molecule has 9 heteroatoms. The van der Waals surface area contributed by atoms with E-state index in [2.05, 4.69) is 30.8 Å². The third-order valence-electron chi connectivity index (χ3n) is 4.04. The van der Waals surface area contributed by atoms with Gasteiger partial charge in [0.1, 0.15) is 11.4 Å². The lowest BCUT2D eigenvalue weighted by molar-refractivity contribution is 0.0147. The first-order chi connectivity index (χ1) is 13.8. The molecule has 0 aliphatic rings. The fourth-order valence-corrected chi connectivity index (χ4v) is 2.75. The van der Waals surface area contributed by atoms with E-state index in [0.29, 0.717) is 11.4 Å². The number of hydrogen-bond donors (Lipinski definition) is 2. The van der Waals surface area contributed by atoms with Crippen molar-refractivity contribution >= 4 is 6.16 Å². The maximum Gasteiger partial charge on any atom is 0.510 e. The Labute approximate surface area is 159 Å². The topological polar surface area (TPSA) is 119 Å². The number of aromatic nitrogens is 6. The van der Waals surface area contributed by atoms with Gasteiger partial charge >= 0.3 is 6.16 Å². The zero-order chi connectivity index (χ0) is 19.2. The van der Waals surface area contributed by atoms with E-state index in [0.717, 1.165) is 11.1 Å². The molecular formula is C19H16N6O3. The van der Waals surface area contributed by atoms with Crippen molar-refractivity contribution in [2.24, 2.45) is 0 Å². The highest BCUT2D eigenvalue weighted by Crippen LogP contribution is 2.28. The lowest BCUT2D eigenvalue weighted by Crippen LogP contribution is -2.18. The minimum Gasteiger partial charge on any atom is -0.419 e. The molecule has 4 aromatic rings. The van der Waals surface area contributed by atoms with Crippen LogP contribution in [0.15, 0.2) is 73.1 Å². The standard InChI is InChI=1S/C19H16N6O3/c26-19(27-17(15-11-20-24-22-15)13-7-3-1-4-8-13)28-18(16-12-21-25-23-16)14-9-5-2-6-10-14/h1-12,17-18H,(H,20,22,24)(H,21,23,25). The van der Waals surface area contributed by atoms with Crippen molar-refractivity contribution in [2.75, 3.05) is 0 Å². The summed E-state index contributed by atoms with van der Waals surface area (Å²) in [5, 5.41) is 20.6. The third-order valence-corrected chi connectivity index (χ3v) is 4.04. The SMILES string of the molecule is O=C(OC(c1ccccc1)c1c[nH]nn1)OC(c1ccccc1)c1c[nH]nn1. The Balaban J connectivity index is 1.57. The van der Waals surface area contributed by atoms with E-state index in [1.165, 1.54) is 0 Å². The molecule has 2 aromatic carbocycles. The summed E-state index contributed by atoms with van der Waals surface area (Å²) in [7, 11) is 0. The van der Waals surface area contributed by atoms with E-state index in [1.807, 2.05) is 60.7 Å². The maximum absolute atomic E-state index is 12.6. The summed E-state index contributed by atoms with van der Waals surface area (Å²) in [6, 6.07) is 18.5. The Morgan fingerprint density at radius 3 is 1.50 bits per heavy atom. The van der Waals surface area contributed by atoms with Crippen LogP contribution in [0.1, 0.15) is 34.7 Å². The van der Waals surface area contributed by atoms with Crippen molar-refractivity contribution in [3.8, 4) is 0 Å². The molecule has 140 valence electrons. The molecule has 0 radical (unpaired) electrons. The quantitative estimate of drug-likeness (QED) is 0.497. The van der Waals surface area contributed by atoms with Crippen LogP contribution in [0, 0.1) is 0 Å². The van der Waals surface area contributed by atoms with Crippen LogP contribution in [0.3, 0.4) is 0 Å². The number of aromatic amines is 2. The number of carbonyl (C=O) groups is 1. The number of nitrogens with zero attached hydrogens (tertiary/aromatic N) is 4. The molecule has 2 heterocycles. The van der Waals surface area contributed by atoms with Gasteiger partial charge in [-0.25, -0.2) is 4.79 Å². The first kappa shape index (κ1) is 17.4. The molecule has 2 aromatic heterocycles. The van der Waals surface area contributed by atoms with Crippen molar-refractivity contribution in [1.82, 2.24) is 30.8 Å². The molecule has 0 saturated carbocycles. The Hall–Kier alpha value is -4.01. The first-order valence-electron chi connectivity index (χ1n) is 8.51. The minimum atomic E-state index is -0.867. The molecule has 4 rings (SSSR count). The number of hydrogen-bond acceptors (Lipinski definition) is 7. The Morgan fingerprint density at radius 1 is 0.714 bits per heavy atom. The number of rotatable bonds is 6. The summed E-state index contributed by atoms with van der Waals surface area (Å²) in [4.78, 5) is 12.6. The zero-order valence-electron chi connectivity index (χ0n) is 14.6. The fraction of sp³-hybridized carbons (Fsp3) is 0.105. The summed E-state index contributed by atoms with van der Waals surface area (Å²) in [6.45, 7) is 0. The van der Waals surface area contributed by atoms with Crippen LogP contribution in [0.4, 0.5) is 4.79 Å². The Morgan fingerprint density at radius 2 is 1.14 bits per heavy atom. The van der Waals surface area contributed by atoms with Gasteiger partial charge < -0.3 is 9.47 Å². The predicted molar refractivity (Wildman–Crippen MR) is 96.9 cm³/mol. The highest BCUT2D eigenvalue weighted by atomic mass is 16.7. The zero-order valence-corrected chi connectivity index (χ0v) is 14.6. The van der Waals surface area contributed by atoms with E-state index < -0.39 is 18.4 Å². The van der Waals surface area contributed by atoms with Crippen LogP contribution < -0.4 is 0 Å². The van der Waals surface area contributed by atoms with Gasteiger partial charge in [-0.05, 0) is 11.1 Å². The molecule has 0 spiro atoms. The monoisotopic (exact) mass is 376 g/mol. The summed E-state index contributed by atoms with van der Waals surface area (Å²) in [6.07, 6.45) is 0.741. The second kappa shape index (κ2) is 8.12. The van der Waals surface area contributed by atoms with Crippen molar-refractivity contribution in [2.45, 2.75) is 12.2 Å². The smallest absolute Gasteiger partial charge is 0.419 e. The molecular weight excluding hydrogens is 360 g/mol.